The third kappa shape index (κ3) is 7.12. The van der Waals surface area contributed by atoms with E-state index in [-0.39, 0.29) is 17.7 Å². The summed E-state index contributed by atoms with van der Waals surface area (Å²) in [6.45, 7) is 4.43. The van der Waals surface area contributed by atoms with Gasteiger partial charge in [-0.25, -0.2) is 9.68 Å². The molecule has 4 rings (SSSR count). The van der Waals surface area contributed by atoms with Crippen molar-refractivity contribution in [2.24, 2.45) is 0 Å². The first-order valence-corrected chi connectivity index (χ1v) is 13.0. The van der Waals surface area contributed by atoms with Crippen molar-refractivity contribution in [3.63, 3.8) is 0 Å². The summed E-state index contributed by atoms with van der Waals surface area (Å²) in [5.74, 6) is -1.59. The molecule has 206 valence electrons. The van der Waals surface area contributed by atoms with E-state index in [4.69, 9.17) is 10.1 Å². The van der Waals surface area contributed by atoms with Crippen LogP contribution in [-0.2, 0) is 35.8 Å². The van der Waals surface area contributed by atoms with E-state index in [1.54, 1.807) is 12.1 Å². The van der Waals surface area contributed by atoms with Crippen molar-refractivity contribution in [3.8, 4) is 0 Å². The van der Waals surface area contributed by atoms with Gasteiger partial charge < -0.3 is 10.4 Å². The Morgan fingerprint density at radius 1 is 0.775 bits per heavy atom. The number of aryl methyl sites for hydroxylation is 2. The number of benzene rings is 4. The highest BCUT2D eigenvalue weighted by Gasteiger charge is 2.17. The minimum absolute atomic E-state index is 0.0329. The molecule has 0 aromatic heterocycles. The molecule has 0 heterocycles. The molecule has 4 aromatic carbocycles. The zero-order chi connectivity index (χ0) is 28.5. The fourth-order valence-corrected chi connectivity index (χ4v) is 4.51. The second-order valence-electron chi connectivity index (χ2n) is 9.41. The van der Waals surface area contributed by atoms with E-state index in [0.29, 0.717) is 25.1 Å². The zero-order valence-electron chi connectivity index (χ0n) is 22.4. The summed E-state index contributed by atoms with van der Waals surface area (Å²) in [7, 11) is 0. The Labute approximate surface area is 233 Å². The van der Waals surface area contributed by atoms with Crippen LogP contribution in [0.1, 0.15) is 61.0 Å². The van der Waals surface area contributed by atoms with Crippen LogP contribution in [-0.4, -0.2) is 22.2 Å². The van der Waals surface area contributed by atoms with Crippen LogP contribution in [0.25, 0.3) is 0 Å². The van der Waals surface area contributed by atoms with E-state index in [2.05, 4.69) is 27.8 Å². The highest BCUT2D eigenvalue weighted by atomic mass is 17.1. The second-order valence-corrected chi connectivity index (χ2v) is 9.41. The molecule has 0 aliphatic carbocycles. The summed E-state index contributed by atoms with van der Waals surface area (Å²) in [6.07, 6.45) is 1.41. The Morgan fingerprint density at radius 3 is 2.05 bits per heavy atom. The molecule has 4 N–H and O–H groups in total. The summed E-state index contributed by atoms with van der Waals surface area (Å²) >= 11 is 0. The molecule has 4 aromatic rings. The van der Waals surface area contributed by atoms with Gasteiger partial charge in [0.15, 0.2) is 0 Å². The Balaban J connectivity index is 1.40. The molecule has 8 heteroatoms. The van der Waals surface area contributed by atoms with Crippen LogP contribution in [0.2, 0.25) is 0 Å². The lowest BCUT2D eigenvalue weighted by molar-refractivity contribution is -0.253. The first-order chi connectivity index (χ1) is 19.4. The second kappa shape index (κ2) is 13.5. The van der Waals surface area contributed by atoms with Gasteiger partial charge in [-0.05, 0) is 77.4 Å². The van der Waals surface area contributed by atoms with Crippen LogP contribution >= 0.6 is 0 Å². The van der Waals surface area contributed by atoms with Gasteiger partial charge in [-0.15, -0.1) is 0 Å². The standard InChI is InChI=1S/C32H32N2O6/c1-3-24-18-23(13-15-30(24)33-31(35)27-10-6-7-11-28(27)32(36)37)17-22-12-14-29(21(2)16-22)34-39-19-25-8-4-5-9-26(25)20-40-38/h4-16,18,34,38H,3,17,19-20H2,1-2H3,(H,33,35)(H,36,37). The molecule has 0 radical (unpaired) electrons. The van der Waals surface area contributed by atoms with Gasteiger partial charge in [0, 0.05) is 5.69 Å². The van der Waals surface area contributed by atoms with E-state index in [1.165, 1.54) is 12.1 Å². The molecular weight excluding hydrogens is 508 g/mol. The third-order valence-corrected chi connectivity index (χ3v) is 6.65. The largest absolute Gasteiger partial charge is 0.478 e. The summed E-state index contributed by atoms with van der Waals surface area (Å²) in [5.41, 5.74) is 10.6. The van der Waals surface area contributed by atoms with E-state index in [1.807, 2.05) is 62.4 Å². The van der Waals surface area contributed by atoms with E-state index >= 15 is 0 Å². The lowest BCUT2D eigenvalue weighted by Crippen LogP contribution is -2.17. The lowest BCUT2D eigenvalue weighted by atomic mass is 9.98. The average Bonchev–Trinajstić information content (AvgIpc) is 2.96. The number of anilines is 2. The Bertz CT molecular complexity index is 1500. The lowest BCUT2D eigenvalue weighted by Gasteiger charge is -2.14. The molecule has 8 nitrogen and oxygen atoms in total. The first kappa shape index (κ1) is 28.5. The number of nitrogens with one attached hydrogen (secondary N) is 2. The van der Waals surface area contributed by atoms with Crippen molar-refractivity contribution in [3.05, 3.63) is 129 Å². The number of carbonyl (C=O) groups excluding carboxylic acids is 1. The number of amides is 1. The van der Waals surface area contributed by atoms with Gasteiger partial charge in [-0.2, -0.15) is 0 Å². The van der Waals surface area contributed by atoms with Gasteiger partial charge >= 0.3 is 5.97 Å². The molecular formula is C32H32N2O6. The highest BCUT2D eigenvalue weighted by Crippen LogP contribution is 2.24. The summed E-state index contributed by atoms with van der Waals surface area (Å²) in [4.78, 5) is 34.3. The molecule has 0 fully saturated rings. The average molecular weight is 541 g/mol. The fraction of sp³-hybridized carbons (Fsp3) is 0.188. The SMILES string of the molecule is CCc1cc(Cc2ccc(NOCc3ccccc3COO)c(C)c2)ccc1NC(=O)c1ccccc1C(=O)O. The number of carboxylic acids is 1. The number of carboxylic acid groups (broad SMARTS) is 1. The summed E-state index contributed by atoms with van der Waals surface area (Å²) in [6, 6.07) is 25.8. The van der Waals surface area contributed by atoms with Gasteiger partial charge in [-0.3, -0.25) is 20.4 Å². The van der Waals surface area contributed by atoms with Crippen LogP contribution in [0.15, 0.2) is 84.9 Å². The van der Waals surface area contributed by atoms with Crippen molar-refractivity contribution < 1.29 is 29.7 Å². The van der Waals surface area contributed by atoms with E-state index < -0.39 is 11.9 Å². The van der Waals surface area contributed by atoms with Crippen molar-refractivity contribution >= 4 is 23.3 Å². The predicted octanol–water partition coefficient (Wildman–Crippen LogP) is 6.63. The van der Waals surface area contributed by atoms with Crippen molar-refractivity contribution in [1.82, 2.24) is 0 Å². The third-order valence-electron chi connectivity index (χ3n) is 6.65. The number of carbonyl (C=O) groups is 2. The van der Waals surface area contributed by atoms with Crippen LogP contribution < -0.4 is 10.8 Å². The Hall–Kier alpha value is -4.50. The van der Waals surface area contributed by atoms with E-state index in [0.717, 1.165) is 39.1 Å². The molecule has 0 saturated heterocycles. The van der Waals surface area contributed by atoms with Crippen LogP contribution in [0, 0.1) is 6.92 Å². The molecule has 0 atom stereocenters. The number of rotatable bonds is 12. The molecule has 0 aliphatic rings. The summed E-state index contributed by atoms with van der Waals surface area (Å²) in [5, 5.41) is 21.1. The van der Waals surface area contributed by atoms with Gasteiger partial charge in [0.1, 0.15) is 6.61 Å². The molecule has 0 unspecified atom stereocenters. The van der Waals surface area contributed by atoms with Crippen LogP contribution in [0.4, 0.5) is 11.4 Å². The maximum absolute atomic E-state index is 12.8. The van der Waals surface area contributed by atoms with Crippen molar-refractivity contribution in [2.45, 2.75) is 39.9 Å². The molecule has 40 heavy (non-hydrogen) atoms. The molecule has 0 spiro atoms. The molecule has 0 aliphatic heterocycles. The Morgan fingerprint density at radius 2 is 1.40 bits per heavy atom. The molecule has 0 bridgehead atoms. The minimum Gasteiger partial charge on any atom is -0.478 e. The molecule has 1 amide bonds. The van der Waals surface area contributed by atoms with Gasteiger partial charge in [0.2, 0.25) is 0 Å². The van der Waals surface area contributed by atoms with Crippen LogP contribution in [0.3, 0.4) is 0 Å². The van der Waals surface area contributed by atoms with Gasteiger partial charge in [-0.1, -0.05) is 67.6 Å². The normalized spacial score (nSPS) is 10.8. The number of aromatic carboxylic acids is 1. The number of hydrogen-bond acceptors (Lipinski definition) is 6. The highest BCUT2D eigenvalue weighted by molar-refractivity contribution is 6.10. The quantitative estimate of drug-likeness (QED) is 0.118. The maximum atomic E-state index is 12.8. The molecule has 0 saturated carbocycles. The Kier molecular flexibility index (Phi) is 9.64. The number of hydrogen-bond donors (Lipinski definition) is 4. The zero-order valence-corrected chi connectivity index (χ0v) is 22.4. The fourth-order valence-electron chi connectivity index (χ4n) is 4.51. The monoisotopic (exact) mass is 540 g/mol. The van der Waals surface area contributed by atoms with Gasteiger partial charge in [0.05, 0.1) is 23.4 Å². The predicted molar refractivity (Wildman–Crippen MR) is 153 cm³/mol. The van der Waals surface area contributed by atoms with Crippen LogP contribution in [0.5, 0.6) is 0 Å². The smallest absolute Gasteiger partial charge is 0.336 e. The van der Waals surface area contributed by atoms with Crippen molar-refractivity contribution in [2.75, 3.05) is 10.8 Å². The maximum Gasteiger partial charge on any atom is 0.336 e. The summed E-state index contributed by atoms with van der Waals surface area (Å²) < 4.78 is 0. The van der Waals surface area contributed by atoms with E-state index in [9.17, 15) is 14.7 Å². The van der Waals surface area contributed by atoms with Gasteiger partial charge in [0.25, 0.3) is 5.91 Å². The van der Waals surface area contributed by atoms with Crippen molar-refractivity contribution in [1.29, 1.82) is 0 Å². The topological polar surface area (TPSA) is 117 Å². The minimum atomic E-state index is -1.14. The first-order valence-electron chi connectivity index (χ1n) is 13.0.